The fourth-order valence-electron chi connectivity index (χ4n) is 3.99. The summed E-state index contributed by atoms with van der Waals surface area (Å²) in [6.07, 6.45) is -1.08. The number of amides is 2. The Balaban J connectivity index is 1.34. The molecule has 11 nitrogen and oxygen atoms in total. The topological polar surface area (TPSA) is 121 Å². The van der Waals surface area contributed by atoms with E-state index in [0.717, 1.165) is 0 Å². The van der Waals surface area contributed by atoms with Crippen molar-refractivity contribution in [3.8, 4) is 0 Å². The quantitative estimate of drug-likeness (QED) is 0.421. The van der Waals surface area contributed by atoms with E-state index in [1.165, 1.54) is 17.9 Å². The van der Waals surface area contributed by atoms with Crippen molar-refractivity contribution < 1.29 is 28.1 Å². The average molecular weight is 540 g/mol. The Labute approximate surface area is 202 Å². The van der Waals surface area contributed by atoms with Crippen molar-refractivity contribution in [3.63, 3.8) is 0 Å². The summed E-state index contributed by atoms with van der Waals surface area (Å²) in [6, 6.07) is 6.21. The maximum atomic E-state index is 15.0. The number of nitrogens with one attached hydrogen (secondary N) is 1. The number of cyclic esters (lactones) is 1. The minimum Gasteiger partial charge on any atom is -0.442 e. The first-order valence-corrected chi connectivity index (χ1v) is 11.4. The first-order valence-electron chi connectivity index (χ1n) is 10.6. The van der Waals surface area contributed by atoms with Gasteiger partial charge in [-0.1, -0.05) is 0 Å². The normalized spacial score (nSPS) is 18.8. The molecule has 0 aliphatic carbocycles. The molecule has 2 fully saturated rings. The van der Waals surface area contributed by atoms with Crippen LogP contribution in [-0.4, -0.2) is 67.2 Å². The lowest BCUT2D eigenvalue weighted by atomic mass is 10.2. The molecule has 0 saturated carbocycles. The van der Waals surface area contributed by atoms with Crippen molar-refractivity contribution in [1.29, 1.82) is 0 Å². The van der Waals surface area contributed by atoms with E-state index < -0.39 is 22.9 Å². The number of piperazine rings is 1. The second-order valence-corrected chi connectivity index (χ2v) is 8.93. The first kappa shape index (κ1) is 24.0. The predicted molar refractivity (Wildman–Crippen MR) is 123 cm³/mol. The molecule has 1 atom stereocenters. The van der Waals surface area contributed by atoms with Gasteiger partial charge in [0, 0.05) is 39.2 Å². The molecule has 4 rings (SSSR count). The largest absolute Gasteiger partial charge is 0.447 e. The minimum absolute atomic E-state index is 0.199. The highest BCUT2D eigenvalue weighted by Gasteiger charge is 2.33. The van der Waals surface area contributed by atoms with Crippen molar-refractivity contribution in [1.82, 2.24) is 10.2 Å². The van der Waals surface area contributed by atoms with Crippen molar-refractivity contribution in [3.05, 3.63) is 50.4 Å². The summed E-state index contributed by atoms with van der Waals surface area (Å²) in [6.45, 7) is 4.58. The Kier molecular flexibility index (Phi) is 7.03. The maximum absolute atomic E-state index is 15.0. The number of nitro groups is 1. The first-order chi connectivity index (χ1) is 16.2. The summed E-state index contributed by atoms with van der Waals surface area (Å²) >= 11 is 3.13. The number of nitrogens with zero attached hydrogens (tertiary/aromatic N) is 4. The Hall–Kier alpha value is -3.19. The van der Waals surface area contributed by atoms with Gasteiger partial charge in [-0.05, 0) is 34.1 Å². The number of ether oxygens (including phenoxy) is 1. The molecule has 2 amide bonds. The zero-order valence-electron chi connectivity index (χ0n) is 18.3. The van der Waals surface area contributed by atoms with Gasteiger partial charge in [-0.25, -0.2) is 9.18 Å². The number of benzene rings is 1. The van der Waals surface area contributed by atoms with Crippen LogP contribution in [0.4, 0.5) is 26.4 Å². The number of hydrogen-bond acceptors (Lipinski definition) is 8. The van der Waals surface area contributed by atoms with Gasteiger partial charge in [-0.3, -0.25) is 24.7 Å². The highest BCUT2D eigenvalue weighted by atomic mass is 79.9. The van der Waals surface area contributed by atoms with Crippen LogP contribution in [0.3, 0.4) is 0 Å². The van der Waals surface area contributed by atoms with Crippen LogP contribution in [0.1, 0.15) is 12.7 Å². The van der Waals surface area contributed by atoms with E-state index in [9.17, 15) is 24.1 Å². The van der Waals surface area contributed by atoms with Gasteiger partial charge >= 0.3 is 12.0 Å². The smallest absolute Gasteiger partial charge is 0.442 e. The van der Waals surface area contributed by atoms with Crippen LogP contribution in [0.25, 0.3) is 0 Å². The lowest BCUT2D eigenvalue weighted by molar-refractivity contribution is -0.403. The van der Waals surface area contributed by atoms with Gasteiger partial charge in [0.1, 0.15) is 27.1 Å². The number of hydrogen-bond donors (Lipinski definition) is 1. The van der Waals surface area contributed by atoms with E-state index in [1.54, 1.807) is 18.2 Å². The van der Waals surface area contributed by atoms with Crippen LogP contribution in [0.15, 0.2) is 33.2 Å². The molecule has 2 aliphatic heterocycles. The Bertz CT molecular complexity index is 1100. The molecule has 0 radical (unpaired) electrons. The van der Waals surface area contributed by atoms with Crippen molar-refractivity contribution in [2.24, 2.45) is 0 Å². The van der Waals surface area contributed by atoms with Gasteiger partial charge in [0.05, 0.1) is 31.0 Å². The number of halogens is 2. The SMILES string of the molecule is CC(=O)NC[C@H]1CN(c2ccc(N3CCN(Cc4cc(Br)c([N+](=O)[O-])o4)CC3)c(F)c2)C(=O)O1. The number of anilines is 2. The van der Waals surface area contributed by atoms with Gasteiger partial charge in [-0.15, -0.1) is 0 Å². The molecule has 13 heteroatoms. The van der Waals surface area contributed by atoms with Crippen molar-refractivity contribution >= 4 is 45.2 Å². The molecule has 3 heterocycles. The lowest BCUT2D eigenvalue weighted by Gasteiger charge is -2.36. The number of furan rings is 1. The van der Waals surface area contributed by atoms with Gasteiger partial charge in [-0.2, -0.15) is 0 Å². The van der Waals surface area contributed by atoms with Gasteiger partial charge < -0.3 is 19.4 Å². The third-order valence-electron chi connectivity index (χ3n) is 5.67. The van der Waals surface area contributed by atoms with E-state index in [0.29, 0.717) is 54.3 Å². The fourth-order valence-corrected chi connectivity index (χ4v) is 4.47. The molecular weight excluding hydrogens is 517 g/mol. The molecule has 1 aromatic heterocycles. The van der Waals surface area contributed by atoms with Crippen LogP contribution in [-0.2, 0) is 16.1 Å². The highest BCUT2D eigenvalue weighted by molar-refractivity contribution is 9.10. The molecule has 2 aliphatic rings. The van der Waals surface area contributed by atoms with Crippen LogP contribution < -0.4 is 15.1 Å². The number of rotatable bonds is 7. The molecule has 1 N–H and O–H groups in total. The Morgan fingerprint density at radius 1 is 1.29 bits per heavy atom. The van der Waals surface area contributed by atoms with E-state index in [4.69, 9.17) is 9.15 Å². The highest BCUT2D eigenvalue weighted by Crippen LogP contribution is 2.31. The molecular formula is C21H23BrFN5O6. The molecule has 2 aromatic rings. The van der Waals surface area contributed by atoms with Gasteiger partial charge in [0.15, 0.2) is 0 Å². The average Bonchev–Trinajstić information content (AvgIpc) is 3.35. The molecule has 182 valence electrons. The molecule has 0 bridgehead atoms. The zero-order valence-corrected chi connectivity index (χ0v) is 19.9. The van der Waals surface area contributed by atoms with Crippen LogP contribution >= 0.6 is 15.9 Å². The van der Waals surface area contributed by atoms with Crippen LogP contribution in [0.2, 0.25) is 0 Å². The third-order valence-corrected chi connectivity index (χ3v) is 6.24. The molecule has 1 aromatic carbocycles. The Morgan fingerprint density at radius 3 is 2.65 bits per heavy atom. The molecule has 34 heavy (non-hydrogen) atoms. The lowest BCUT2D eigenvalue weighted by Crippen LogP contribution is -2.46. The monoisotopic (exact) mass is 539 g/mol. The van der Waals surface area contributed by atoms with Gasteiger partial charge in [0.25, 0.3) is 0 Å². The molecule has 0 unspecified atom stereocenters. The third kappa shape index (κ3) is 5.30. The number of carbonyl (C=O) groups excluding carboxylic acids is 2. The van der Waals surface area contributed by atoms with Gasteiger partial charge in [0.2, 0.25) is 5.91 Å². The molecule has 2 saturated heterocycles. The number of carbonyl (C=O) groups is 2. The minimum atomic E-state index is -0.582. The second-order valence-electron chi connectivity index (χ2n) is 8.08. The summed E-state index contributed by atoms with van der Waals surface area (Å²) in [5.74, 6) is -0.506. The maximum Gasteiger partial charge on any atom is 0.447 e. The zero-order chi connectivity index (χ0) is 24.4. The summed E-state index contributed by atoms with van der Waals surface area (Å²) < 4.78 is 25.8. The van der Waals surface area contributed by atoms with Crippen molar-refractivity contribution in [2.45, 2.75) is 19.6 Å². The van der Waals surface area contributed by atoms with Crippen LogP contribution in [0, 0.1) is 15.9 Å². The van der Waals surface area contributed by atoms with E-state index in [2.05, 4.69) is 26.1 Å². The van der Waals surface area contributed by atoms with E-state index >= 15 is 0 Å². The standard InChI is InChI=1S/C21H23BrFN5O6/c1-13(29)24-10-16-12-27(21(30)34-16)14-2-3-19(18(23)8-14)26-6-4-25(5-7-26)11-15-9-17(22)20(33-15)28(31)32/h2-3,8-9,16H,4-7,10-12H2,1H3,(H,24,29)/t16-/m0/s1. The summed E-state index contributed by atoms with van der Waals surface area (Å²) in [5.41, 5.74) is 0.822. The van der Waals surface area contributed by atoms with Crippen molar-refractivity contribution in [2.75, 3.05) is 49.1 Å². The summed E-state index contributed by atoms with van der Waals surface area (Å²) in [4.78, 5) is 38.9. The predicted octanol–water partition coefficient (Wildman–Crippen LogP) is 2.87. The van der Waals surface area contributed by atoms with E-state index in [1.807, 2.05) is 4.90 Å². The van der Waals surface area contributed by atoms with E-state index in [-0.39, 0.29) is 24.9 Å². The second kappa shape index (κ2) is 9.97. The molecule has 0 spiro atoms. The summed E-state index contributed by atoms with van der Waals surface area (Å²) in [7, 11) is 0. The Morgan fingerprint density at radius 2 is 2.03 bits per heavy atom. The fraction of sp³-hybridized carbons (Fsp3) is 0.429. The summed E-state index contributed by atoms with van der Waals surface area (Å²) in [5, 5.41) is 13.5. The van der Waals surface area contributed by atoms with Crippen LogP contribution in [0.5, 0.6) is 0 Å².